The molecule has 1 saturated heterocycles. The number of hydrogen-bond acceptors (Lipinski definition) is 5. The van der Waals surface area contributed by atoms with Crippen LogP contribution >= 0.6 is 43.6 Å². The molecule has 128 valence electrons. The molecule has 2 rings (SSSR count). The van der Waals surface area contributed by atoms with Gasteiger partial charge in [-0.25, -0.2) is 0 Å². The predicted octanol–water partition coefficient (Wildman–Crippen LogP) is 3.91. The monoisotopic (exact) mass is 474 g/mol. The van der Waals surface area contributed by atoms with Crippen LogP contribution in [-0.2, 0) is 9.59 Å². The number of nitrogens with one attached hydrogen (secondary N) is 2. The van der Waals surface area contributed by atoms with Crippen molar-refractivity contribution in [3.8, 4) is 0 Å². The number of amides is 2. The highest BCUT2D eigenvalue weighted by Crippen LogP contribution is 2.27. The van der Waals surface area contributed by atoms with E-state index in [1.165, 1.54) is 11.8 Å². The topological polar surface area (TPSA) is 82.9 Å². The summed E-state index contributed by atoms with van der Waals surface area (Å²) in [4.78, 5) is 24.1. The summed E-state index contributed by atoms with van der Waals surface area (Å²) in [7, 11) is 0. The average molecular weight is 476 g/mol. The Morgan fingerprint density at radius 1 is 1.42 bits per heavy atom. The van der Waals surface area contributed by atoms with E-state index in [0.29, 0.717) is 10.9 Å². The molecule has 6 nitrogen and oxygen atoms in total. The first-order valence-corrected chi connectivity index (χ1v) is 9.69. The average Bonchev–Trinajstić information content (AvgIpc) is 2.87. The minimum absolute atomic E-state index is 0.0640. The molecule has 0 unspecified atom stereocenters. The van der Waals surface area contributed by atoms with Crippen molar-refractivity contribution < 1.29 is 9.59 Å². The molecule has 9 heteroatoms. The molecule has 1 aliphatic heterocycles. The van der Waals surface area contributed by atoms with Crippen molar-refractivity contribution in [2.45, 2.75) is 31.9 Å². The van der Waals surface area contributed by atoms with Gasteiger partial charge in [-0.15, -0.1) is 5.10 Å². The van der Waals surface area contributed by atoms with Crippen molar-refractivity contribution in [3.05, 3.63) is 27.1 Å². The number of halogens is 2. The predicted molar refractivity (Wildman–Crippen MR) is 105 cm³/mol. The third-order valence-electron chi connectivity index (χ3n) is 3.18. The first-order chi connectivity index (χ1) is 11.4. The molecule has 2 N–H and O–H groups in total. The van der Waals surface area contributed by atoms with E-state index in [2.05, 4.69) is 52.7 Å². The molecule has 1 aromatic rings. The van der Waals surface area contributed by atoms with Gasteiger partial charge < -0.3 is 10.6 Å². The number of nitrogens with zero attached hydrogens (tertiary/aromatic N) is 2. The lowest BCUT2D eigenvalue weighted by atomic mass is 10.2. The lowest BCUT2D eigenvalue weighted by Gasteiger charge is -2.09. The second-order valence-corrected chi connectivity index (χ2v) is 8.03. The van der Waals surface area contributed by atoms with Crippen molar-refractivity contribution in [1.82, 2.24) is 5.32 Å². The summed E-state index contributed by atoms with van der Waals surface area (Å²) in [5.41, 5.74) is 1.53. The van der Waals surface area contributed by atoms with E-state index >= 15 is 0 Å². The molecular formula is C15H16Br2N4O2S. The first kappa shape index (κ1) is 19.1. The van der Waals surface area contributed by atoms with E-state index < -0.39 is 5.25 Å². The summed E-state index contributed by atoms with van der Waals surface area (Å²) >= 11 is 7.96. The maximum absolute atomic E-state index is 12.2. The van der Waals surface area contributed by atoms with Crippen molar-refractivity contribution in [2.75, 3.05) is 5.32 Å². The van der Waals surface area contributed by atoms with Gasteiger partial charge in [0.25, 0.3) is 0 Å². The van der Waals surface area contributed by atoms with Crippen LogP contribution in [0, 0.1) is 0 Å². The van der Waals surface area contributed by atoms with Crippen LogP contribution in [0.25, 0.3) is 0 Å². The Hall–Kier alpha value is -1.19. The number of thioether (sulfide) groups is 1. The Morgan fingerprint density at radius 2 is 2.17 bits per heavy atom. The van der Waals surface area contributed by atoms with E-state index in [-0.39, 0.29) is 18.2 Å². The summed E-state index contributed by atoms with van der Waals surface area (Å²) in [6.45, 7) is 3.85. The van der Waals surface area contributed by atoms with Gasteiger partial charge in [-0.05, 0) is 47.5 Å². The van der Waals surface area contributed by atoms with Gasteiger partial charge in [-0.3, -0.25) is 9.59 Å². The van der Waals surface area contributed by atoms with Crippen LogP contribution in [0.5, 0.6) is 0 Å². The zero-order valence-corrected chi connectivity index (χ0v) is 17.1. The Labute approximate surface area is 161 Å². The van der Waals surface area contributed by atoms with Gasteiger partial charge in [0.05, 0.1) is 5.69 Å². The van der Waals surface area contributed by atoms with Crippen molar-refractivity contribution >= 4 is 72.0 Å². The molecule has 1 aromatic carbocycles. The fourth-order valence-electron chi connectivity index (χ4n) is 1.75. The second kappa shape index (κ2) is 8.77. The van der Waals surface area contributed by atoms with Gasteiger partial charge >= 0.3 is 0 Å². The summed E-state index contributed by atoms with van der Waals surface area (Å²) in [5, 5.41) is 13.4. The third-order valence-corrected chi connectivity index (χ3v) is 5.40. The van der Waals surface area contributed by atoms with E-state index in [9.17, 15) is 9.59 Å². The molecule has 0 saturated carbocycles. The summed E-state index contributed by atoms with van der Waals surface area (Å²) in [6, 6.07) is 5.45. The lowest BCUT2D eigenvalue weighted by molar-refractivity contribution is -0.122. The van der Waals surface area contributed by atoms with E-state index in [1.807, 2.05) is 26.0 Å². The van der Waals surface area contributed by atoms with Gasteiger partial charge in [0, 0.05) is 21.1 Å². The molecule has 1 fully saturated rings. The van der Waals surface area contributed by atoms with Crippen molar-refractivity contribution in [1.29, 1.82) is 0 Å². The van der Waals surface area contributed by atoms with Crippen molar-refractivity contribution in [3.63, 3.8) is 0 Å². The van der Waals surface area contributed by atoms with E-state index in [1.54, 1.807) is 6.07 Å². The molecule has 0 bridgehead atoms. The molecule has 0 spiro atoms. The Kier molecular flexibility index (Phi) is 7.00. The molecule has 0 radical (unpaired) electrons. The van der Waals surface area contributed by atoms with Crippen LogP contribution in [0.1, 0.15) is 26.7 Å². The molecule has 0 aliphatic carbocycles. The standard InChI is InChI=1S/C15H16Br2N4O2S/c1-3-8(2)20-21-15-19-14(23)12(24-15)7-13(22)18-11-5-4-9(16)6-10(11)17/h4-6,12H,3,7H2,1-2H3,(H,18,22)(H,19,21,23)/b20-8+/t12-/m0/s1. The largest absolute Gasteiger partial charge is 0.325 e. The van der Waals surface area contributed by atoms with Gasteiger partial charge in [0.15, 0.2) is 5.17 Å². The Bertz CT molecular complexity index is 721. The van der Waals surface area contributed by atoms with Crippen molar-refractivity contribution in [2.24, 2.45) is 10.2 Å². The van der Waals surface area contributed by atoms with Gasteiger partial charge in [0.1, 0.15) is 5.25 Å². The van der Waals surface area contributed by atoms with E-state index in [0.717, 1.165) is 21.1 Å². The number of hydrogen-bond donors (Lipinski definition) is 2. The molecule has 1 heterocycles. The normalized spacial score (nSPS) is 19.5. The molecule has 1 aliphatic rings. The fourth-order valence-corrected chi connectivity index (χ4v) is 3.81. The van der Waals surface area contributed by atoms with Crippen LogP contribution in [0.3, 0.4) is 0 Å². The first-order valence-electron chi connectivity index (χ1n) is 7.22. The summed E-state index contributed by atoms with van der Waals surface area (Å²) in [5.74, 6) is -0.465. The SMILES string of the molecule is CC/C(C)=N/N=C1\NC(=O)[C@H](CC(=O)Nc2ccc(Br)cc2Br)S1. The molecule has 0 aromatic heterocycles. The number of amidine groups is 1. The molecule has 24 heavy (non-hydrogen) atoms. The highest BCUT2D eigenvalue weighted by Gasteiger charge is 2.32. The Morgan fingerprint density at radius 3 is 2.83 bits per heavy atom. The maximum atomic E-state index is 12.2. The number of rotatable bonds is 5. The van der Waals surface area contributed by atoms with Crippen LogP contribution in [0.2, 0.25) is 0 Å². The van der Waals surface area contributed by atoms with E-state index in [4.69, 9.17) is 0 Å². The fraction of sp³-hybridized carbons (Fsp3) is 0.333. The van der Waals surface area contributed by atoms with Gasteiger partial charge in [0.2, 0.25) is 11.8 Å². The van der Waals surface area contributed by atoms with Crippen LogP contribution in [0.4, 0.5) is 5.69 Å². The quantitative estimate of drug-likeness (QED) is 0.500. The molecular weight excluding hydrogens is 460 g/mol. The molecule has 1 atom stereocenters. The van der Waals surface area contributed by atoms with Crippen LogP contribution in [0.15, 0.2) is 37.3 Å². The highest BCUT2D eigenvalue weighted by molar-refractivity contribution is 9.11. The molecule has 2 amide bonds. The number of carbonyl (C=O) groups excluding carboxylic acids is 2. The second-order valence-electron chi connectivity index (χ2n) is 5.07. The summed E-state index contributed by atoms with van der Waals surface area (Å²) < 4.78 is 1.67. The minimum Gasteiger partial charge on any atom is -0.325 e. The zero-order valence-electron chi connectivity index (χ0n) is 13.1. The highest BCUT2D eigenvalue weighted by atomic mass is 79.9. The number of benzene rings is 1. The smallest absolute Gasteiger partial charge is 0.240 e. The third kappa shape index (κ3) is 5.42. The minimum atomic E-state index is -0.505. The van der Waals surface area contributed by atoms with Crippen LogP contribution in [-0.4, -0.2) is 27.9 Å². The zero-order chi connectivity index (χ0) is 17.7. The maximum Gasteiger partial charge on any atom is 0.240 e. The Balaban J connectivity index is 1.96. The van der Waals surface area contributed by atoms with Crippen LogP contribution < -0.4 is 10.6 Å². The summed E-state index contributed by atoms with van der Waals surface area (Å²) in [6.07, 6.45) is 0.859. The van der Waals surface area contributed by atoms with Gasteiger partial charge in [-0.2, -0.15) is 5.10 Å². The number of anilines is 1. The van der Waals surface area contributed by atoms with Gasteiger partial charge in [-0.1, -0.05) is 34.6 Å². The lowest BCUT2D eigenvalue weighted by Crippen LogP contribution is -2.28. The number of carbonyl (C=O) groups is 2.